The first kappa shape index (κ1) is 78.8. The number of benzene rings is 3. The summed E-state index contributed by atoms with van der Waals surface area (Å²) in [5, 5.41) is 53.5. The number of ether oxygens (including phenoxy) is 2. The van der Waals surface area contributed by atoms with E-state index in [1.807, 2.05) is 5.32 Å². The van der Waals surface area contributed by atoms with Crippen LogP contribution in [0.1, 0.15) is 162 Å². The number of carbonyl (C=O) groups is 9. The number of amides is 5. The number of nitrogens with zero attached hydrogens (tertiary/aromatic N) is 3. The van der Waals surface area contributed by atoms with Crippen LogP contribution in [0.25, 0.3) is 5.57 Å². The Hall–Kier alpha value is -8.80. The Balaban J connectivity index is 0.776. The molecule has 33 nitrogen and oxygen atoms in total. The van der Waals surface area contributed by atoms with Gasteiger partial charge in [0.15, 0.2) is 8.62 Å². The first-order valence-electron chi connectivity index (χ1n) is 34.2. The minimum absolute atomic E-state index is 0.0111. The van der Waals surface area contributed by atoms with E-state index < -0.39 is 127 Å². The molecule has 1 aromatic heterocycles. The predicted molar refractivity (Wildman–Crippen MR) is 379 cm³/mol. The van der Waals surface area contributed by atoms with E-state index in [1.165, 1.54) is 56.0 Å². The molecule has 3 aromatic carbocycles. The highest BCUT2D eigenvalue weighted by Crippen LogP contribution is 2.49. The molecule has 0 spiro atoms. The van der Waals surface area contributed by atoms with Crippen molar-refractivity contribution in [3.63, 3.8) is 0 Å². The molecular formula is C67H78N9O24P3S2+4. The van der Waals surface area contributed by atoms with Gasteiger partial charge >= 0.3 is 54.3 Å². The highest BCUT2D eigenvalue weighted by atomic mass is 33.1. The summed E-state index contributed by atoms with van der Waals surface area (Å²) in [4.78, 5) is 154. The van der Waals surface area contributed by atoms with Crippen molar-refractivity contribution in [2.45, 2.75) is 152 Å². The van der Waals surface area contributed by atoms with Crippen LogP contribution < -0.4 is 62.6 Å². The first-order chi connectivity index (χ1) is 50.4. The molecule has 0 saturated carbocycles. The summed E-state index contributed by atoms with van der Waals surface area (Å²) in [6.07, 6.45) is 6.51. The van der Waals surface area contributed by atoms with E-state index in [0.717, 1.165) is 121 Å². The maximum absolute atomic E-state index is 14.6. The molecule has 6 aliphatic rings. The van der Waals surface area contributed by atoms with Crippen LogP contribution in [0.2, 0.25) is 0 Å². The number of aromatic nitrogens is 2. The second-order valence-electron chi connectivity index (χ2n) is 25.5. The van der Waals surface area contributed by atoms with Gasteiger partial charge in [-0.15, -0.1) is 9.42 Å². The fraction of sp³-hybridized carbons (Fsp3) is 0.493. The first-order valence-corrected chi connectivity index (χ1v) is 40.0. The Bertz CT molecular complexity index is 4500. The lowest BCUT2D eigenvalue weighted by Crippen LogP contribution is -2.52. The lowest BCUT2D eigenvalue weighted by atomic mass is 9.81. The summed E-state index contributed by atoms with van der Waals surface area (Å²) in [5.41, 5.74) is 5.88. The number of fused-ring (bicyclic) bond motifs is 4. The van der Waals surface area contributed by atoms with E-state index in [4.69, 9.17) is 24.0 Å². The number of aliphatic carboxylic acids is 3. The van der Waals surface area contributed by atoms with Gasteiger partial charge in [-0.2, -0.15) is 0 Å². The van der Waals surface area contributed by atoms with E-state index in [2.05, 4.69) is 68.3 Å². The Morgan fingerprint density at radius 2 is 1.46 bits per heavy atom. The topological polar surface area (TPSA) is 473 Å². The molecule has 4 aromatic rings. The molecule has 8 atom stereocenters. The molecule has 105 heavy (non-hydrogen) atoms. The van der Waals surface area contributed by atoms with Crippen LogP contribution in [-0.4, -0.2) is 170 Å². The molecule has 38 heteroatoms. The van der Waals surface area contributed by atoms with Crippen molar-refractivity contribution >= 4 is 111 Å². The van der Waals surface area contributed by atoms with Crippen LogP contribution in [0, 0.1) is 11.8 Å². The molecule has 10 rings (SSSR count). The minimum Gasteiger partial charge on any atom is -0.481 e. The zero-order valence-electron chi connectivity index (χ0n) is 56.6. The van der Waals surface area contributed by atoms with Crippen molar-refractivity contribution in [2.75, 3.05) is 62.3 Å². The average Bonchev–Trinajstić information content (AvgIpc) is 1.01. The third kappa shape index (κ3) is 20.6. The number of carbonyl (C=O) groups excluding carboxylic acids is 5. The monoisotopic (exact) mass is 1550 g/mol. The zero-order valence-corrected chi connectivity index (χ0v) is 61.0. The largest absolute Gasteiger partial charge is 0.798 e. The molecule has 0 radical (unpaired) electrons. The molecule has 0 aliphatic carbocycles. The third-order valence-electron chi connectivity index (χ3n) is 18.3. The Kier molecular flexibility index (Phi) is 27.7. The third-order valence-corrected chi connectivity index (χ3v) is 23.3. The van der Waals surface area contributed by atoms with Crippen molar-refractivity contribution in [3.05, 3.63) is 118 Å². The van der Waals surface area contributed by atoms with Gasteiger partial charge in [0.25, 0.3) is 11.5 Å². The normalized spacial score (nSPS) is 17.2. The molecule has 7 heterocycles. The Morgan fingerprint density at radius 3 is 2.21 bits per heavy atom. The highest BCUT2D eigenvalue weighted by Gasteiger charge is 2.49. The van der Waals surface area contributed by atoms with Crippen molar-refractivity contribution in [2.24, 2.45) is 0 Å². The van der Waals surface area contributed by atoms with Gasteiger partial charge in [0, 0.05) is 115 Å². The second-order valence-corrected chi connectivity index (χ2v) is 31.1. The van der Waals surface area contributed by atoms with E-state index in [0.29, 0.717) is 42.8 Å². The van der Waals surface area contributed by atoms with Gasteiger partial charge in [-0.1, -0.05) is 45.9 Å². The van der Waals surface area contributed by atoms with E-state index >= 15 is 0 Å². The lowest BCUT2D eigenvalue weighted by molar-refractivity contribution is -0.148. The number of carboxylic acid groups (broad SMARTS) is 4. The number of carboxylic acids is 4. The molecule has 1 fully saturated rings. The van der Waals surface area contributed by atoms with E-state index in [-0.39, 0.29) is 74.4 Å². The highest BCUT2D eigenvalue weighted by molar-refractivity contribution is 8.76. The quantitative estimate of drug-likeness (QED) is 0.00891. The van der Waals surface area contributed by atoms with Crippen LogP contribution in [0.3, 0.4) is 0 Å². The number of H-pyrrole nitrogens is 1. The molecule has 5 amide bonds. The van der Waals surface area contributed by atoms with Gasteiger partial charge in [0.05, 0.1) is 36.6 Å². The number of nitrogens with one attached hydrogen (secondary N) is 6. The van der Waals surface area contributed by atoms with Gasteiger partial charge in [0.2, 0.25) is 29.0 Å². The second kappa shape index (κ2) is 37.0. The number of rotatable bonds is 36. The number of hydrogen-bond acceptors (Lipinski definition) is 22. The van der Waals surface area contributed by atoms with Crippen molar-refractivity contribution in [3.8, 4) is 23.3 Å². The van der Waals surface area contributed by atoms with E-state index in [9.17, 15) is 81.8 Å². The summed E-state index contributed by atoms with van der Waals surface area (Å²) >= 11 is 0. The molecule has 1 saturated heterocycles. The Morgan fingerprint density at radius 1 is 0.724 bits per heavy atom. The fourth-order valence-corrected chi connectivity index (χ4v) is 17.5. The maximum Gasteiger partial charge on any atom is 0.798 e. The van der Waals surface area contributed by atoms with Gasteiger partial charge < -0.3 is 61.4 Å². The average molecular weight is 1550 g/mol. The van der Waals surface area contributed by atoms with Gasteiger partial charge in [-0.05, 0) is 112 Å². The molecule has 11 N–H and O–H groups in total. The molecule has 6 unspecified atom stereocenters. The summed E-state index contributed by atoms with van der Waals surface area (Å²) < 4.78 is 63.8. The summed E-state index contributed by atoms with van der Waals surface area (Å²) in [6, 6.07) is 4.15. The minimum atomic E-state index is -3.28. The number of hydrogen-bond donors (Lipinski definition) is 11. The van der Waals surface area contributed by atoms with Gasteiger partial charge in [-0.25, -0.2) is 19.0 Å². The van der Waals surface area contributed by atoms with Gasteiger partial charge in [-0.3, -0.25) is 47.9 Å². The zero-order chi connectivity index (χ0) is 75.0. The standard InChI is InChI=1S/C67H74N9O24P3S2/c77-51(68-23-4-10-40-35-76(67(91)73-62(40)84)53-20-18-41(97-53)36-96-102(94)100-103(95)99-101(92)93)21-29-105-104-28-9-15-48(63(85)69-22-3-1-2-16-52(78)70-49(33-54(79)80)64(86)72-50(66(89)90)34-55(81)82)71-61(83)39-17-19-42(45(32-39)65(87)88)56-46-30-37-11-5-24-74-26-7-13-43(57(37)74)59(46)98-60-44-14-8-27-75-25-6-12-38(58(44)75)31-47(56)60/h17,19,30-32,35,41,48-50,53H,1-3,5-9,11-16,18,20-29,33-34,36H2,(H7-4,68,69,70,71,72,73,77,78,79,80,81,82,83,84,85,86,87,88,89,90,91,92,93)/p+4/t41-,48?,49?,50?,53+/m0/s1. The summed E-state index contributed by atoms with van der Waals surface area (Å²) in [6.45, 7) is 3.33. The van der Waals surface area contributed by atoms with Crippen molar-refractivity contribution in [1.82, 2.24) is 40.7 Å². The fourth-order valence-electron chi connectivity index (χ4n) is 13.7. The molecular weight excluding hydrogens is 1470 g/mol. The van der Waals surface area contributed by atoms with Crippen molar-refractivity contribution in [1.29, 1.82) is 0 Å². The summed E-state index contributed by atoms with van der Waals surface area (Å²) in [5.74, 6) is -2.01. The predicted octanol–water partition coefficient (Wildman–Crippen LogP) is 3.86. The smallest absolute Gasteiger partial charge is 0.481 e. The van der Waals surface area contributed by atoms with Crippen LogP contribution in [0.4, 0.5) is 5.69 Å². The van der Waals surface area contributed by atoms with E-state index in [1.54, 1.807) is 12.1 Å². The lowest BCUT2D eigenvalue weighted by Gasteiger charge is -2.39. The van der Waals surface area contributed by atoms with Crippen molar-refractivity contribution < 1.29 is 105 Å². The SMILES string of the molecule is O=C(O)CC(NC(=O)C(CC(=O)O)NC(=O)CCCCCNC(=O)C(CCCSSCCC(=O)NCC#Cc1cn([C@H]2CC[C@@H](CO[P+](=O)O[P+](=O)O[P+](=O)O)O2)c(=O)[nH]c1=O)NC(=O)c1ccc(C2=c3cc4c5c(c3Oc3c2cc2c6c3CCCN6CCC2)CCC[N+]=5CCC4)c(C(=O)O)c1)C(=O)O. The molecule has 558 valence electrons. The van der Waals surface area contributed by atoms with Crippen LogP contribution in [0.5, 0.6) is 11.5 Å². The van der Waals surface area contributed by atoms with Crippen LogP contribution >= 0.6 is 46.4 Å². The summed E-state index contributed by atoms with van der Waals surface area (Å²) in [7, 11) is -6.72. The number of aryl methyl sites for hydroxylation is 2. The number of aromatic carboxylic acids is 1. The van der Waals surface area contributed by atoms with Crippen LogP contribution in [0.15, 0.2) is 46.1 Å². The molecule has 0 bridgehead atoms. The Labute approximate surface area is 609 Å². The maximum atomic E-state index is 14.6. The van der Waals surface area contributed by atoms with Gasteiger partial charge in [0.1, 0.15) is 61.1 Å². The van der Waals surface area contributed by atoms with Crippen LogP contribution in [-0.2, 0) is 90.8 Å². The molecule has 6 aliphatic heterocycles. The number of anilines is 1. The number of unbranched alkanes of at least 4 members (excludes halogenated alkanes) is 2. The number of aromatic amines is 1.